The molecular weight excluding hydrogens is 430 g/mol. The smallest absolute Gasteiger partial charge is 0.169 e. The van der Waals surface area contributed by atoms with Crippen molar-refractivity contribution in [1.29, 1.82) is 0 Å². The van der Waals surface area contributed by atoms with Crippen molar-refractivity contribution >= 4 is 17.3 Å². The molecule has 0 spiro atoms. The number of methoxy groups -OCH3 is 1. The summed E-state index contributed by atoms with van der Waals surface area (Å²) in [7, 11) is 1.68. The third-order valence-electron chi connectivity index (χ3n) is 5.88. The molecule has 0 atom stereocenters. The molecule has 6 nitrogen and oxygen atoms in total. The van der Waals surface area contributed by atoms with Gasteiger partial charge in [0.1, 0.15) is 5.75 Å². The van der Waals surface area contributed by atoms with Crippen LogP contribution in [0.1, 0.15) is 16.8 Å². The van der Waals surface area contributed by atoms with E-state index in [9.17, 15) is 0 Å². The van der Waals surface area contributed by atoms with Gasteiger partial charge in [-0.3, -0.25) is 0 Å². The van der Waals surface area contributed by atoms with Crippen molar-refractivity contribution < 1.29 is 4.74 Å². The maximum Gasteiger partial charge on any atom is 0.169 e. The van der Waals surface area contributed by atoms with E-state index in [0.717, 1.165) is 51.9 Å². The lowest BCUT2D eigenvalue weighted by atomic mass is 10.0. The minimum atomic E-state index is 0.650. The van der Waals surface area contributed by atoms with Gasteiger partial charge in [-0.15, -0.1) is 5.10 Å². The molecule has 3 aromatic carbocycles. The quantitative estimate of drug-likeness (QED) is 0.451. The van der Waals surface area contributed by atoms with Gasteiger partial charge in [-0.1, -0.05) is 53.7 Å². The van der Waals surface area contributed by atoms with Gasteiger partial charge in [0.25, 0.3) is 0 Å². The normalized spacial score (nSPS) is 12.5. The van der Waals surface area contributed by atoms with Gasteiger partial charge in [-0.25, -0.2) is 4.68 Å². The predicted molar refractivity (Wildman–Crippen MR) is 133 cm³/mol. The summed E-state index contributed by atoms with van der Waals surface area (Å²) in [5.74, 6) is 0.846. The van der Waals surface area contributed by atoms with Gasteiger partial charge in [-0.2, -0.15) is 0 Å². The van der Waals surface area contributed by atoms with E-state index >= 15 is 0 Å². The molecule has 1 aliphatic rings. The van der Waals surface area contributed by atoms with Crippen LogP contribution in [0.15, 0.2) is 79.0 Å². The van der Waals surface area contributed by atoms with Gasteiger partial charge in [0, 0.05) is 13.1 Å². The van der Waals surface area contributed by atoms with Crippen LogP contribution in [0.3, 0.4) is 0 Å². The van der Waals surface area contributed by atoms with Crippen molar-refractivity contribution in [3.63, 3.8) is 0 Å². The first kappa shape index (κ1) is 21.2. The van der Waals surface area contributed by atoms with Crippen LogP contribution in [-0.4, -0.2) is 38.7 Å². The Hall–Kier alpha value is -3.71. The van der Waals surface area contributed by atoms with Crippen LogP contribution in [0.5, 0.6) is 5.75 Å². The summed E-state index contributed by atoms with van der Waals surface area (Å²) in [6, 6.07) is 25.0. The van der Waals surface area contributed by atoms with Crippen molar-refractivity contribution in [2.24, 2.45) is 0 Å². The fourth-order valence-corrected chi connectivity index (χ4v) is 4.35. The lowest BCUT2D eigenvalue weighted by Gasteiger charge is -2.24. The van der Waals surface area contributed by atoms with Gasteiger partial charge in [0.15, 0.2) is 5.11 Å². The van der Waals surface area contributed by atoms with Crippen LogP contribution in [0, 0.1) is 0 Å². The highest BCUT2D eigenvalue weighted by molar-refractivity contribution is 7.80. The van der Waals surface area contributed by atoms with Crippen LogP contribution in [0.2, 0.25) is 0 Å². The molecule has 0 saturated carbocycles. The largest absolute Gasteiger partial charge is 0.497 e. The Bertz CT molecular complexity index is 1250. The van der Waals surface area contributed by atoms with E-state index in [2.05, 4.69) is 75.1 Å². The molecule has 1 aromatic heterocycles. The Balaban J connectivity index is 1.38. The van der Waals surface area contributed by atoms with Crippen molar-refractivity contribution in [2.45, 2.75) is 19.5 Å². The number of benzene rings is 3. The molecule has 0 fully saturated rings. The topological polar surface area (TPSA) is 55.2 Å². The Labute approximate surface area is 198 Å². The first-order chi connectivity index (χ1) is 16.2. The molecule has 0 saturated heterocycles. The number of fused-ring (bicyclic) bond motifs is 3. The number of nitrogens with zero attached hydrogens (tertiary/aromatic N) is 4. The fourth-order valence-electron chi connectivity index (χ4n) is 4.12. The van der Waals surface area contributed by atoms with E-state index in [1.54, 1.807) is 7.11 Å². The first-order valence-corrected chi connectivity index (χ1v) is 11.4. The Morgan fingerprint density at radius 3 is 2.58 bits per heavy atom. The molecule has 166 valence electrons. The Morgan fingerprint density at radius 2 is 1.79 bits per heavy atom. The van der Waals surface area contributed by atoms with E-state index in [1.165, 1.54) is 5.56 Å². The molecule has 5 rings (SSSR count). The number of aromatic nitrogens is 3. The maximum absolute atomic E-state index is 5.79. The zero-order valence-electron chi connectivity index (χ0n) is 18.4. The van der Waals surface area contributed by atoms with E-state index in [-0.39, 0.29) is 0 Å². The highest BCUT2D eigenvalue weighted by atomic mass is 32.1. The molecule has 33 heavy (non-hydrogen) atoms. The van der Waals surface area contributed by atoms with Crippen LogP contribution in [-0.2, 0) is 19.5 Å². The number of thiocarbonyl (C=S) groups is 1. The van der Waals surface area contributed by atoms with Crippen LogP contribution >= 0.6 is 12.2 Å². The van der Waals surface area contributed by atoms with Gasteiger partial charge in [-0.05, 0) is 65.2 Å². The van der Waals surface area contributed by atoms with E-state index in [0.29, 0.717) is 13.1 Å². The summed E-state index contributed by atoms with van der Waals surface area (Å²) < 4.78 is 7.21. The number of rotatable bonds is 5. The van der Waals surface area contributed by atoms with Crippen LogP contribution < -0.4 is 10.1 Å². The van der Waals surface area contributed by atoms with Crippen molar-refractivity contribution in [3.8, 4) is 22.6 Å². The summed E-state index contributed by atoms with van der Waals surface area (Å²) in [4.78, 5) is 2.18. The average molecular weight is 456 g/mol. The van der Waals surface area contributed by atoms with Crippen molar-refractivity contribution in [1.82, 2.24) is 25.2 Å². The maximum atomic E-state index is 5.79. The first-order valence-electron chi connectivity index (χ1n) is 11.0. The lowest BCUT2D eigenvalue weighted by molar-refractivity contribution is 0.399. The predicted octanol–water partition coefficient (Wildman–Crippen LogP) is 4.38. The molecule has 0 radical (unpaired) electrons. The second kappa shape index (κ2) is 9.42. The number of ether oxygens (including phenoxy) is 1. The van der Waals surface area contributed by atoms with Gasteiger partial charge in [0.05, 0.1) is 31.2 Å². The molecule has 0 bridgehead atoms. The van der Waals surface area contributed by atoms with Crippen LogP contribution in [0.4, 0.5) is 0 Å². The highest BCUT2D eigenvalue weighted by Gasteiger charge is 2.22. The summed E-state index contributed by atoms with van der Waals surface area (Å²) >= 11 is 5.79. The highest BCUT2D eigenvalue weighted by Crippen LogP contribution is 2.29. The fraction of sp³-hybridized carbons (Fsp3) is 0.192. The third-order valence-corrected chi connectivity index (χ3v) is 6.29. The Kier molecular flexibility index (Phi) is 6.04. The summed E-state index contributed by atoms with van der Waals surface area (Å²) in [5, 5.41) is 12.7. The van der Waals surface area contributed by atoms with E-state index in [1.807, 2.05) is 29.1 Å². The molecule has 0 unspecified atom stereocenters. The summed E-state index contributed by atoms with van der Waals surface area (Å²) in [6.07, 6.45) is 2.73. The van der Waals surface area contributed by atoms with Crippen LogP contribution in [0.25, 0.3) is 16.8 Å². The molecule has 0 aliphatic carbocycles. The number of nitrogens with one attached hydrogen (secondary N) is 1. The van der Waals surface area contributed by atoms with Gasteiger partial charge < -0.3 is 15.0 Å². The molecule has 1 N–H and O–H groups in total. The second-order valence-corrected chi connectivity index (χ2v) is 8.42. The molecule has 0 amide bonds. The van der Waals surface area contributed by atoms with Gasteiger partial charge >= 0.3 is 0 Å². The van der Waals surface area contributed by atoms with Crippen molar-refractivity contribution in [2.75, 3.05) is 13.7 Å². The minimum absolute atomic E-state index is 0.650. The minimum Gasteiger partial charge on any atom is -0.497 e. The third kappa shape index (κ3) is 4.59. The summed E-state index contributed by atoms with van der Waals surface area (Å²) in [5.41, 5.74) is 6.77. The molecule has 2 heterocycles. The number of hydrogen-bond acceptors (Lipinski definition) is 4. The standard InChI is InChI=1S/C26H25N5OS/c1-32-24-10-7-20(8-11-24)21-9-12-25-22(15-21)17-30(18-23-16-28-29-31(23)25)26(33)27-14-13-19-5-3-2-4-6-19/h2-12,15-16H,13-14,17-18H2,1H3,(H,27,33). The zero-order chi connectivity index (χ0) is 22.6. The van der Waals surface area contributed by atoms with Gasteiger partial charge in [0.2, 0.25) is 0 Å². The molecule has 4 aromatic rings. The SMILES string of the molecule is COc1ccc(-c2ccc3c(c2)CN(C(=S)NCCc2ccccc2)Cc2cnnn2-3)cc1. The van der Waals surface area contributed by atoms with E-state index < -0.39 is 0 Å². The molecule has 1 aliphatic heterocycles. The van der Waals surface area contributed by atoms with Crippen molar-refractivity contribution in [3.05, 3.63) is 95.8 Å². The zero-order valence-corrected chi connectivity index (χ0v) is 19.3. The Morgan fingerprint density at radius 1 is 1.00 bits per heavy atom. The monoisotopic (exact) mass is 455 g/mol. The second-order valence-electron chi connectivity index (χ2n) is 8.03. The lowest BCUT2D eigenvalue weighted by Crippen LogP contribution is -2.39. The van der Waals surface area contributed by atoms with E-state index in [4.69, 9.17) is 17.0 Å². The average Bonchev–Trinajstić information content (AvgIpc) is 3.26. The summed E-state index contributed by atoms with van der Waals surface area (Å²) in [6.45, 7) is 2.13. The number of hydrogen-bond donors (Lipinski definition) is 1. The molecule has 7 heteroatoms. The molecular formula is C26H25N5OS.